The highest BCUT2D eigenvalue weighted by Crippen LogP contribution is 2.29. The summed E-state index contributed by atoms with van der Waals surface area (Å²) in [6.45, 7) is 4.39. The molecule has 3 nitrogen and oxygen atoms in total. The standard InChI is InChI=1S/C19H28O3/c1-5-7-9-15(8-6-2)10-11-16-12-17(21-3)13-19(22-4)18(16)14-20/h9,12-14H,5-8,10-11H2,1-4H3/b15-9+. The van der Waals surface area contributed by atoms with E-state index in [1.807, 2.05) is 6.07 Å². The van der Waals surface area contributed by atoms with Crippen molar-refractivity contribution in [2.24, 2.45) is 0 Å². The number of unbranched alkanes of at least 4 members (excludes halogenated alkanes) is 1. The molecule has 0 radical (unpaired) electrons. The van der Waals surface area contributed by atoms with Crippen LogP contribution in [0.4, 0.5) is 0 Å². The number of aryl methyl sites for hydroxylation is 1. The lowest BCUT2D eigenvalue weighted by Gasteiger charge is -2.13. The highest BCUT2D eigenvalue weighted by atomic mass is 16.5. The number of carbonyl (C=O) groups excluding carboxylic acids is 1. The topological polar surface area (TPSA) is 35.5 Å². The fourth-order valence-corrected chi connectivity index (χ4v) is 2.58. The van der Waals surface area contributed by atoms with E-state index in [0.29, 0.717) is 11.3 Å². The molecule has 22 heavy (non-hydrogen) atoms. The van der Waals surface area contributed by atoms with Gasteiger partial charge in [0.05, 0.1) is 19.8 Å². The second-order valence-corrected chi connectivity index (χ2v) is 5.42. The summed E-state index contributed by atoms with van der Waals surface area (Å²) < 4.78 is 10.6. The summed E-state index contributed by atoms with van der Waals surface area (Å²) in [5.41, 5.74) is 3.10. The molecular weight excluding hydrogens is 276 g/mol. The normalized spacial score (nSPS) is 11.4. The van der Waals surface area contributed by atoms with E-state index < -0.39 is 0 Å². The summed E-state index contributed by atoms with van der Waals surface area (Å²) in [7, 11) is 3.21. The molecule has 0 aliphatic carbocycles. The van der Waals surface area contributed by atoms with E-state index >= 15 is 0 Å². The smallest absolute Gasteiger partial charge is 0.154 e. The molecule has 1 aromatic rings. The maximum absolute atomic E-state index is 11.4. The molecule has 0 unspecified atom stereocenters. The Morgan fingerprint density at radius 1 is 1.09 bits per heavy atom. The first-order valence-electron chi connectivity index (χ1n) is 8.08. The summed E-state index contributed by atoms with van der Waals surface area (Å²) in [6, 6.07) is 3.70. The molecule has 1 rings (SSSR count). The fourth-order valence-electron chi connectivity index (χ4n) is 2.58. The van der Waals surface area contributed by atoms with Crippen molar-refractivity contribution in [3.8, 4) is 11.5 Å². The van der Waals surface area contributed by atoms with Gasteiger partial charge in [-0.2, -0.15) is 0 Å². The Morgan fingerprint density at radius 2 is 1.86 bits per heavy atom. The van der Waals surface area contributed by atoms with Crippen molar-refractivity contribution in [3.05, 3.63) is 34.9 Å². The summed E-state index contributed by atoms with van der Waals surface area (Å²) in [6.07, 6.45) is 9.60. The SMILES string of the molecule is CCC/C=C(\CCC)CCc1cc(OC)cc(OC)c1C=O. The molecule has 0 amide bonds. The minimum Gasteiger partial charge on any atom is -0.497 e. The zero-order chi connectivity index (χ0) is 16.4. The van der Waals surface area contributed by atoms with Crippen LogP contribution in [0.25, 0.3) is 0 Å². The summed E-state index contributed by atoms with van der Waals surface area (Å²) in [5, 5.41) is 0. The number of hydrogen-bond acceptors (Lipinski definition) is 3. The third-order valence-electron chi connectivity index (χ3n) is 3.78. The zero-order valence-electron chi connectivity index (χ0n) is 14.3. The zero-order valence-corrected chi connectivity index (χ0v) is 14.3. The maximum atomic E-state index is 11.4. The van der Waals surface area contributed by atoms with Crippen molar-refractivity contribution in [1.82, 2.24) is 0 Å². The molecule has 0 aromatic heterocycles. The van der Waals surface area contributed by atoms with Crippen LogP contribution in [0.3, 0.4) is 0 Å². The van der Waals surface area contributed by atoms with E-state index in [-0.39, 0.29) is 0 Å². The lowest BCUT2D eigenvalue weighted by molar-refractivity contribution is 0.111. The van der Waals surface area contributed by atoms with Crippen LogP contribution in [0.15, 0.2) is 23.8 Å². The quantitative estimate of drug-likeness (QED) is 0.452. The molecule has 0 aliphatic heterocycles. The van der Waals surface area contributed by atoms with Gasteiger partial charge in [0.15, 0.2) is 6.29 Å². The van der Waals surface area contributed by atoms with E-state index in [4.69, 9.17) is 9.47 Å². The molecule has 3 heteroatoms. The summed E-state index contributed by atoms with van der Waals surface area (Å²) >= 11 is 0. The van der Waals surface area contributed by atoms with Gasteiger partial charge in [-0.25, -0.2) is 0 Å². The van der Waals surface area contributed by atoms with Gasteiger partial charge < -0.3 is 9.47 Å². The van der Waals surface area contributed by atoms with Gasteiger partial charge in [-0.15, -0.1) is 0 Å². The molecular formula is C19H28O3. The van der Waals surface area contributed by atoms with Gasteiger partial charge in [-0.3, -0.25) is 4.79 Å². The Bertz CT molecular complexity index is 504. The number of hydrogen-bond donors (Lipinski definition) is 0. The Hall–Kier alpha value is -1.77. The molecule has 0 aliphatic rings. The number of ether oxygens (including phenoxy) is 2. The molecule has 0 bridgehead atoms. The van der Waals surface area contributed by atoms with Gasteiger partial charge in [0, 0.05) is 6.07 Å². The molecule has 0 saturated carbocycles. The van der Waals surface area contributed by atoms with Gasteiger partial charge in [0.1, 0.15) is 11.5 Å². The number of rotatable bonds is 10. The van der Waals surface area contributed by atoms with E-state index in [0.717, 1.165) is 49.7 Å². The lowest BCUT2D eigenvalue weighted by atomic mass is 9.96. The molecule has 0 heterocycles. The number of benzene rings is 1. The monoisotopic (exact) mass is 304 g/mol. The summed E-state index contributed by atoms with van der Waals surface area (Å²) in [5.74, 6) is 1.31. The fraction of sp³-hybridized carbons (Fsp3) is 0.526. The largest absolute Gasteiger partial charge is 0.497 e. The predicted octanol–water partition coefficient (Wildman–Crippen LogP) is 4.98. The maximum Gasteiger partial charge on any atom is 0.154 e. The van der Waals surface area contributed by atoms with Crippen molar-refractivity contribution < 1.29 is 14.3 Å². The van der Waals surface area contributed by atoms with Gasteiger partial charge >= 0.3 is 0 Å². The number of aldehydes is 1. The highest BCUT2D eigenvalue weighted by Gasteiger charge is 2.12. The van der Waals surface area contributed by atoms with Crippen LogP contribution in [0.1, 0.15) is 61.9 Å². The second-order valence-electron chi connectivity index (χ2n) is 5.42. The minimum absolute atomic E-state index is 0.582. The predicted molar refractivity (Wildman–Crippen MR) is 91.2 cm³/mol. The Morgan fingerprint density at radius 3 is 2.41 bits per heavy atom. The van der Waals surface area contributed by atoms with Crippen LogP contribution in [0, 0.1) is 0 Å². The van der Waals surface area contributed by atoms with Gasteiger partial charge in [-0.1, -0.05) is 38.3 Å². The van der Waals surface area contributed by atoms with Crippen molar-refractivity contribution in [2.45, 2.75) is 52.4 Å². The molecule has 0 fully saturated rings. The van der Waals surface area contributed by atoms with Gasteiger partial charge in [-0.05, 0) is 37.3 Å². The van der Waals surface area contributed by atoms with Crippen molar-refractivity contribution >= 4 is 6.29 Å². The van der Waals surface area contributed by atoms with Crippen LogP contribution >= 0.6 is 0 Å². The van der Waals surface area contributed by atoms with Crippen molar-refractivity contribution in [2.75, 3.05) is 14.2 Å². The molecule has 1 aromatic carbocycles. The highest BCUT2D eigenvalue weighted by molar-refractivity contribution is 5.82. The average molecular weight is 304 g/mol. The van der Waals surface area contributed by atoms with Crippen LogP contribution < -0.4 is 9.47 Å². The van der Waals surface area contributed by atoms with Crippen LogP contribution in [-0.4, -0.2) is 20.5 Å². The minimum atomic E-state index is 0.582. The average Bonchev–Trinajstić information content (AvgIpc) is 2.56. The Kier molecular flexibility index (Phi) is 8.34. The van der Waals surface area contributed by atoms with E-state index in [1.54, 1.807) is 20.3 Å². The lowest BCUT2D eigenvalue weighted by Crippen LogP contribution is -2.00. The van der Waals surface area contributed by atoms with Crippen molar-refractivity contribution in [3.63, 3.8) is 0 Å². The van der Waals surface area contributed by atoms with E-state index in [1.165, 1.54) is 12.0 Å². The van der Waals surface area contributed by atoms with Gasteiger partial charge in [0.2, 0.25) is 0 Å². The van der Waals surface area contributed by atoms with Crippen LogP contribution in [-0.2, 0) is 6.42 Å². The Balaban J connectivity index is 2.97. The van der Waals surface area contributed by atoms with Crippen molar-refractivity contribution in [1.29, 1.82) is 0 Å². The Labute approximate surface area is 134 Å². The van der Waals surface area contributed by atoms with E-state index in [9.17, 15) is 4.79 Å². The number of allylic oxidation sites excluding steroid dienone is 2. The van der Waals surface area contributed by atoms with Crippen LogP contribution in [0.2, 0.25) is 0 Å². The molecule has 122 valence electrons. The molecule has 0 spiro atoms. The molecule has 0 atom stereocenters. The van der Waals surface area contributed by atoms with Crippen LogP contribution in [0.5, 0.6) is 11.5 Å². The summed E-state index contributed by atoms with van der Waals surface area (Å²) in [4.78, 5) is 11.4. The molecule has 0 saturated heterocycles. The first-order chi connectivity index (χ1) is 10.7. The first kappa shape index (κ1) is 18.3. The third-order valence-corrected chi connectivity index (χ3v) is 3.78. The molecule has 0 N–H and O–H groups in total. The number of carbonyl (C=O) groups is 1. The van der Waals surface area contributed by atoms with E-state index in [2.05, 4.69) is 19.9 Å². The van der Waals surface area contributed by atoms with Gasteiger partial charge in [0.25, 0.3) is 0 Å². The third kappa shape index (κ3) is 5.21. The number of methoxy groups -OCH3 is 2. The second kappa shape index (κ2) is 10.0. The first-order valence-corrected chi connectivity index (χ1v) is 8.08.